The molecule has 0 bridgehead atoms. The molecule has 1 aromatic carbocycles. The van der Waals surface area contributed by atoms with E-state index in [2.05, 4.69) is 4.98 Å². The number of aryl methyl sites for hydroxylation is 1. The van der Waals surface area contributed by atoms with Crippen LogP contribution < -0.4 is 0 Å². The first-order chi connectivity index (χ1) is 9.88. The fraction of sp³-hybridized carbons (Fsp3) is 0.533. The molecule has 1 aliphatic heterocycles. The molecule has 1 aromatic heterocycles. The summed E-state index contributed by atoms with van der Waals surface area (Å²) in [6.07, 6.45) is 1.48. The molecule has 2 atom stereocenters. The lowest BCUT2D eigenvalue weighted by atomic mass is 10.2. The highest BCUT2D eigenvalue weighted by Gasteiger charge is 2.32. The van der Waals surface area contributed by atoms with Gasteiger partial charge in [-0.25, -0.2) is 13.4 Å². The van der Waals surface area contributed by atoms with E-state index in [9.17, 15) is 8.42 Å². The summed E-state index contributed by atoms with van der Waals surface area (Å²) in [4.78, 5) is 4.60. The van der Waals surface area contributed by atoms with Crippen LogP contribution in [0.2, 0.25) is 0 Å². The van der Waals surface area contributed by atoms with Crippen molar-refractivity contribution < 1.29 is 8.42 Å². The van der Waals surface area contributed by atoms with Crippen LogP contribution in [-0.4, -0.2) is 29.0 Å². The minimum absolute atomic E-state index is 0.248. The van der Waals surface area contributed by atoms with Crippen molar-refractivity contribution in [2.24, 2.45) is 0 Å². The molecule has 0 amide bonds. The Morgan fingerprint density at radius 1 is 1.48 bits per heavy atom. The van der Waals surface area contributed by atoms with Crippen molar-refractivity contribution in [2.75, 3.05) is 5.75 Å². The fourth-order valence-electron chi connectivity index (χ4n) is 3.02. The number of hydrogen-bond donors (Lipinski definition) is 0. The van der Waals surface area contributed by atoms with Crippen molar-refractivity contribution >= 4 is 32.5 Å². The van der Waals surface area contributed by atoms with E-state index in [0.29, 0.717) is 12.3 Å². The summed E-state index contributed by atoms with van der Waals surface area (Å²) in [7, 11) is -2.97. The normalized spacial score (nSPS) is 22.7. The molecule has 3 rings (SSSR count). The number of hydrogen-bond acceptors (Lipinski definition) is 3. The molecule has 0 N–H and O–H groups in total. The number of alkyl halides is 1. The van der Waals surface area contributed by atoms with Crippen LogP contribution in [0.25, 0.3) is 11.0 Å². The molecule has 6 heteroatoms. The largest absolute Gasteiger partial charge is 0.325 e. The van der Waals surface area contributed by atoms with Crippen LogP contribution in [0.4, 0.5) is 0 Å². The lowest BCUT2D eigenvalue weighted by Crippen LogP contribution is -2.23. The second kappa shape index (κ2) is 5.29. The Hall–Kier alpha value is -1.07. The number of benzene rings is 1. The Morgan fingerprint density at radius 3 is 2.86 bits per heavy atom. The third-order valence-corrected chi connectivity index (χ3v) is 6.59. The van der Waals surface area contributed by atoms with Crippen molar-refractivity contribution in [1.82, 2.24) is 9.55 Å². The van der Waals surface area contributed by atoms with Gasteiger partial charge in [0.1, 0.15) is 5.82 Å². The van der Waals surface area contributed by atoms with Crippen LogP contribution in [0.3, 0.4) is 0 Å². The molecule has 2 unspecified atom stereocenters. The first kappa shape index (κ1) is 14.9. The van der Waals surface area contributed by atoms with Gasteiger partial charge in [0, 0.05) is 6.54 Å². The Bertz CT molecular complexity index is 780. The smallest absolute Gasteiger partial charge is 0.154 e. The van der Waals surface area contributed by atoms with E-state index in [1.807, 2.05) is 36.6 Å². The van der Waals surface area contributed by atoms with Gasteiger partial charge >= 0.3 is 0 Å². The molecule has 4 nitrogen and oxygen atoms in total. The van der Waals surface area contributed by atoms with Gasteiger partial charge in [0.25, 0.3) is 0 Å². The van der Waals surface area contributed by atoms with E-state index in [1.54, 1.807) is 0 Å². The Morgan fingerprint density at radius 2 is 2.24 bits per heavy atom. The van der Waals surface area contributed by atoms with Crippen molar-refractivity contribution in [2.45, 2.75) is 43.9 Å². The predicted octanol–water partition coefficient (Wildman–Crippen LogP) is 3.22. The molecule has 2 heterocycles. The van der Waals surface area contributed by atoms with Crippen LogP contribution in [-0.2, 0) is 16.4 Å². The van der Waals surface area contributed by atoms with E-state index >= 15 is 0 Å². The lowest BCUT2D eigenvalue weighted by molar-refractivity contribution is 0.562. The molecule has 1 saturated heterocycles. The molecule has 2 aromatic rings. The van der Waals surface area contributed by atoms with E-state index in [0.717, 1.165) is 35.3 Å². The second-order valence-electron chi connectivity index (χ2n) is 5.82. The summed E-state index contributed by atoms with van der Waals surface area (Å²) in [6.45, 7) is 4.34. The first-order valence-electron chi connectivity index (χ1n) is 7.21. The Kier molecular flexibility index (Phi) is 3.74. The van der Waals surface area contributed by atoms with Gasteiger partial charge in [-0.2, -0.15) is 0 Å². The topological polar surface area (TPSA) is 52.0 Å². The molecule has 0 radical (unpaired) electrons. The standard InChI is InChI=1S/C15H19ClN2O2S/c1-10-5-6-14-13(8-10)17-15(11(2)16)18(14)9-12-4-3-7-21(12,19)20/h5-6,8,11-12H,3-4,7,9H2,1-2H3. The van der Waals surface area contributed by atoms with Crippen molar-refractivity contribution in [3.05, 3.63) is 29.6 Å². The molecule has 0 spiro atoms. The zero-order valence-corrected chi connectivity index (χ0v) is 13.8. The molecule has 1 fully saturated rings. The number of halogens is 1. The SMILES string of the molecule is Cc1ccc2c(c1)nc(C(C)Cl)n2CC1CCCS1(=O)=O. The quantitative estimate of drug-likeness (QED) is 0.814. The third-order valence-electron chi connectivity index (χ3n) is 4.14. The van der Waals surface area contributed by atoms with Gasteiger partial charge in [0.2, 0.25) is 0 Å². The highest BCUT2D eigenvalue weighted by Crippen LogP contribution is 2.29. The Balaban J connectivity index is 2.09. The zero-order valence-electron chi connectivity index (χ0n) is 12.2. The molecule has 21 heavy (non-hydrogen) atoms. The van der Waals surface area contributed by atoms with Gasteiger partial charge in [0.05, 0.1) is 27.4 Å². The number of fused-ring (bicyclic) bond motifs is 1. The highest BCUT2D eigenvalue weighted by molar-refractivity contribution is 7.92. The average Bonchev–Trinajstić information content (AvgIpc) is 2.91. The molecular formula is C15H19ClN2O2S. The molecule has 0 saturated carbocycles. The predicted molar refractivity (Wildman–Crippen MR) is 85.5 cm³/mol. The van der Waals surface area contributed by atoms with Crippen LogP contribution in [0.1, 0.15) is 36.5 Å². The van der Waals surface area contributed by atoms with Crippen LogP contribution >= 0.6 is 11.6 Å². The summed E-state index contributed by atoms with van der Waals surface area (Å²) in [6, 6.07) is 6.03. The minimum Gasteiger partial charge on any atom is -0.325 e. The van der Waals surface area contributed by atoms with Crippen molar-refractivity contribution in [3.8, 4) is 0 Å². The van der Waals surface area contributed by atoms with Gasteiger partial charge in [-0.05, 0) is 44.4 Å². The zero-order chi connectivity index (χ0) is 15.2. The summed E-state index contributed by atoms with van der Waals surface area (Å²) in [5.41, 5.74) is 2.98. The number of sulfone groups is 1. The van der Waals surface area contributed by atoms with E-state index in [1.165, 1.54) is 0 Å². The van der Waals surface area contributed by atoms with Gasteiger partial charge in [-0.1, -0.05) is 6.07 Å². The fourth-order valence-corrected chi connectivity index (χ4v) is 4.99. The van der Waals surface area contributed by atoms with Gasteiger partial charge in [0.15, 0.2) is 9.84 Å². The minimum atomic E-state index is -2.97. The molecule has 0 aliphatic carbocycles. The summed E-state index contributed by atoms with van der Waals surface area (Å²) in [5, 5.41) is -0.563. The van der Waals surface area contributed by atoms with Crippen LogP contribution in [0.5, 0.6) is 0 Å². The maximum absolute atomic E-state index is 12.1. The maximum atomic E-state index is 12.1. The monoisotopic (exact) mass is 326 g/mol. The maximum Gasteiger partial charge on any atom is 0.154 e. The van der Waals surface area contributed by atoms with Crippen LogP contribution in [0, 0.1) is 6.92 Å². The first-order valence-corrected chi connectivity index (χ1v) is 9.36. The highest BCUT2D eigenvalue weighted by atomic mass is 35.5. The van der Waals surface area contributed by atoms with Crippen LogP contribution in [0.15, 0.2) is 18.2 Å². The number of aromatic nitrogens is 2. The number of nitrogens with zero attached hydrogens (tertiary/aromatic N) is 2. The number of rotatable bonds is 3. The summed E-state index contributed by atoms with van der Waals surface area (Å²) < 4.78 is 26.2. The number of imidazole rings is 1. The lowest BCUT2D eigenvalue weighted by Gasteiger charge is -2.15. The second-order valence-corrected chi connectivity index (χ2v) is 8.88. The summed E-state index contributed by atoms with van der Waals surface area (Å²) >= 11 is 6.24. The average molecular weight is 327 g/mol. The Labute approximate surface area is 130 Å². The third kappa shape index (κ3) is 2.69. The van der Waals surface area contributed by atoms with E-state index < -0.39 is 9.84 Å². The van der Waals surface area contributed by atoms with Gasteiger partial charge in [-0.3, -0.25) is 0 Å². The van der Waals surface area contributed by atoms with Crippen molar-refractivity contribution in [1.29, 1.82) is 0 Å². The van der Waals surface area contributed by atoms with Crippen molar-refractivity contribution in [3.63, 3.8) is 0 Å². The van der Waals surface area contributed by atoms with E-state index in [-0.39, 0.29) is 10.6 Å². The molecular weight excluding hydrogens is 308 g/mol. The van der Waals surface area contributed by atoms with Gasteiger partial charge in [-0.15, -0.1) is 11.6 Å². The van der Waals surface area contributed by atoms with Gasteiger partial charge < -0.3 is 4.57 Å². The summed E-state index contributed by atoms with van der Waals surface area (Å²) in [5.74, 6) is 1.05. The van der Waals surface area contributed by atoms with E-state index in [4.69, 9.17) is 11.6 Å². The molecule has 1 aliphatic rings. The molecule has 114 valence electrons.